The van der Waals surface area contributed by atoms with Crippen LogP contribution < -0.4 is 0 Å². The molecule has 0 N–H and O–H groups in total. The maximum Gasteiger partial charge on any atom is 0.254 e. The van der Waals surface area contributed by atoms with E-state index in [0.717, 1.165) is 12.1 Å². The number of amides is 2. The zero-order valence-corrected chi connectivity index (χ0v) is 17.4. The average Bonchev–Trinajstić information content (AvgIpc) is 2.74. The van der Waals surface area contributed by atoms with Crippen molar-refractivity contribution in [2.75, 3.05) is 31.9 Å². The smallest absolute Gasteiger partial charge is 0.254 e. The van der Waals surface area contributed by atoms with Gasteiger partial charge in [0.1, 0.15) is 0 Å². The van der Waals surface area contributed by atoms with E-state index in [-0.39, 0.29) is 54.7 Å². The van der Waals surface area contributed by atoms with Crippen molar-refractivity contribution in [1.82, 2.24) is 9.80 Å². The predicted molar refractivity (Wildman–Crippen MR) is 107 cm³/mol. The highest BCUT2D eigenvalue weighted by molar-refractivity contribution is 7.91. The number of rotatable bonds is 5. The molecule has 0 radical (unpaired) electrons. The predicted octanol–water partition coefficient (Wildman–Crippen LogP) is 2.77. The van der Waals surface area contributed by atoms with Crippen molar-refractivity contribution in [3.63, 3.8) is 0 Å². The number of piperazine rings is 1. The van der Waals surface area contributed by atoms with E-state index in [4.69, 9.17) is 11.6 Å². The van der Waals surface area contributed by atoms with E-state index in [0.29, 0.717) is 5.02 Å². The van der Waals surface area contributed by atoms with E-state index in [1.807, 2.05) is 0 Å². The van der Waals surface area contributed by atoms with Crippen LogP contribution in [0.2, 0.25) is 5.02 Å². The van der Waals surface area contributed by atoms with E-state index in [9.17, 15) is 26.8 Å². The second kappa shape index (κ2) is 9.09. The summed E-state index contributed by atoms with van der Waals surface area (Å²) in [6, 6.07) is 8.68. The molecule has 0 aliphatic carbocycles. The molecule has 2 amide bonds. The number of carbonyl (C=O) groups is 2. The molecule has 0 aromatic heterocycles. The van der Waals surface area contributed by atoms with Crippen LogP contribution in [-0.4, -0.2) is 62.0 Å². The summed E-state index contributed by atoms with van der Waals surface area (Å²) in [5.41, 5.74) is 0.0303. The Morgan fingerprint density at radius 3 is 2.10 bits per heavy atom. The summed E-state index contributed by atoms with van der Waals surface area (Å²) in [5.74, 6) is -3.24. The molecule has 0 atom stereocenters. The van der Waals surface area contributed by atoms with Gasteiger partial charge in [0.25, 0.3) is 5.91 Å². The first-order valence-corrected chi connectivity index (χ1v) is 11.2. The van der Waals surface area contributed by atoms with Gasteiger partial charge in [-0.3, -0.25) is 9.59 Å². The van der Waals surface area contributed by atoms with Crippen molar-refractivity contribution in [3.8, 4) is 0 Å². The molecule has 1 aliphatic rings. The zero-order valence-electron chi connectivity index (χ0n) is 15.9. The van der Waals surface area contributed by atoms with Gasteiger partial charge >= 0.3 is 0 Å². The Morgan fingerprint density at radius 2 is 1.50 bits per heavy atom. The lowest BCUT2D eigenvalue weighted by Crippen LogP contribution is -2.50. The Morgan fingerprint density at radius 1 is 0.900 bits per heavy atom. The van der Waals surface area contributed by atoms with Crippen molar-refractivity contribution in [1.29, 1.82) is 0 Å². The van der Waals surface area contributed by atoms with Gasteiger partial charge in [-0.25, -0.2) is 17.2 Å². The molecule has 0 unspecified atom stereocenters. The number of hydrogen-bond acceptors (Lipinski definition) is 4. The minimum absolute atomic E-state index is 0.0303. The van der Waals surface area contributed by atoms with Gasteiger partial charge in [0, 0.05) is 43.2 Å². The highest BCUT2D eigenvalue weighted by atomic mass is 35.5. The highest BCUT2D eigenvalue weighted by Gasteiger charge is 2.26. The van der Waals surface area contributed by atoms with Gasteiger partial charge in [-0.1, -0.05) is 11.6 Å². The normalized spacial score (nSPS) is 14.6. The third-order valence-electron chi connectivity index (χ3n) is 4.84. The van der Waals surface area contributed by atoms with E-state index >= 15 is 0 Å². The molecule has 160 valence electrons. The standard InChI is InChI=1S/C20H19ClF2N2O4S/c21-15-2-4-16(5-3-15)30(28,29)12-7-19(26)24-8-10-25(11-9-24)20(27)14-1-6-17(22)18(23)13-14/h1-6,13H,7-12H2. The van der Waals surface area contributed by atoms with Gasteiger partial charge < -0.3 is 9.80 Å². The van der Waals surface area contributed by atoms with Crippen LogP contribution in [0.15, 0.2) is 47.4 Å². The summed E-state index contributed by atoms with van der Waals surface area (Å²) >= 11 is 5.76. The summed E-state index contributed by atoms with van der Waals surface area (Å²) in [5, 5.41) is 0.417. The van der Waals surface area contributed by atoms with Crippen molar-refractivity contribution in [2.45, 2.75) is 11.3 Å². The molecular formula is C20H19ClF2N2O4S. The third-order valence-corrected chi connectivity index (χ3v) is 6.83. The van der Waals surface area contributed by atoms with Crippen LogP contribution in [0.25, 0.3) is 0 Å². The van der Waals surface area contributed by atoms with E-state index in [2.05, 4.69) is 0 Å². The highest BCUT2D eigenvalue weighted by Crippen LogP contribution is 2.17. The van der Waals surface area contributed by atoms with Crippen LogP contribution in [0.5, 0.6) is 0 Å². The number of hydrogen-bond donors (Lipinski definition) is 0. The molecule has 6 nitrogen and oxygen atoms in total. The van der Waals surface area contributed by atoms with Gasteiger partial charge in [-0.15, -0.1) is 0 Å². The fraction of sp³-hybridized carbons (Fsp3) is 0.300. The van der Waals surface area contributed by atoms with Crippen molar-refractivity contribution < 1.29 is 26.8 Å². The monoisotopic (exact) mass is 456 g/mol. The van der Waals surface area contributed by atoms with Gasteiger partial charge in [0.15, 0.2) is 21.5 Å². The maximum absolute atomic E-state index is 13.3. The Kier molecular flexibility index (Phi) is 6.72. The van der Waals surface area contributed by atoms with Crippen molar-refractivity contribution in [3.05, 3.63) is 64.7 Å². The Hall–Kier alpha value is -2.52. The second-order valence-corrected chi connectivity index (χ2v) is 9.37. The van der Waals surface area contributed by atoms with Crippen LogP contribution in [-0.2, 0) is 14.6 Å². The largest absolute Gasteiger partial charge is 0.339 e. The molecule has 10 heteroatoms. The zero-order chi connectivity index (χ0) is 21.9. The topological polar surface area (TPSA) is 74.8 Å². The number of halogens is 3. The molecule has 1 saturated heterocycles. The lowest BCUT2D eigenvalue weighted by molar-refractivity contribution is -0.132. The molecule has 2 aromatic carbocycles. The summed E-state index contributed by atoms with van der Waals surface area (Å²) in [6.45, 7) is 0.894. The van der Waals surface area contributed by atoms with Crippen LogP contribution in [0, 0.1) is 11.6 Å². The molecule has 1 fully saturated rings. The molecule has 30 heavy (non-hydrogen) atoms. The Labute approximate surface area is 178 Å². The Bertz CT molecular complexity index is 1050. The molecule has 0 saturated carbocycles. The first kappa shape index (κ1) is 22.2. The van der Waals surface area contributed by atoms with E-state index < -0.39 is 27.4 Å². The minimum atomic E-state index is -3.62. The van der Waals surface area contributed by atoms with Gasteiger partial charge in [-0.05, 0) is 42.5 Å². The molecule has 3 rings (SSSR count). The molecule has 1 heterocycles. The minimum Gasteiger partial charge on any atom is -0.339 e. The summed E-state index contributed by atoms with van der Waals surface area (Å²) in [4.78, 5) is 27.9. The van der Waals surface area contributed by atoms with E-state index in [1.54, 1.807) is 0 Å². The third kappa shape index (κ3) is 5.14. The molecular weight excluding hydrogens is 438 g/mol. The summed E-state index contributed by atoms with van der Waals surface area (Å²) in [6.07, 6.45) is -0.178. The van der Waals surface area contributed by atoms with Gasteiger partial charge in [0.2, 0.25) is 5.91 Å². The van der Waals surface area contributed by atoms with Gasteiger partial charge in [-0.2, -0.15) is 0 Å². The van der Waals surface area contributed by atoms with Crippen molar-refractivity contribution in [2.24, 2.45) is 0 Å². The first-order valence-electron chi connectivity index (χ1n) is 9.18. The number of benzene rings is 2. The van der Waals surface area contributed by atoms with Crippen molar-refractivity contribution >= 4 is 33.3 Å². The van der Waals surface area contributed by atoms with Crippen LogP contribution >= 0.6 is 11.6 Å². The number of carbonyl (C=O) groups excluding carboxylic acids is 2. The van der Waals surface area contributed by atoms with Crippen LogP contribution in [0.3, 0.4) is 0 Å². The molecule has 2 aromatic rings. The molecule has 1 aliphatic heterocycles. The lowest BCUT2D eigenvalue weighted by atomic mass is 10.1. The molecule has 0 bridgehead atoms. The SMILES string of the molecule is O=C(CCS(=O)(=O)c1ccc(Cl)cc1)N1CCN(C(=O)c2ccc(F)c(F)c2)CC1. The van der Waals surface area contributed by atoms with Crippen LogP contribution in [0.4, 0.5) is 8.78 Å². The fourth-order valence-electron chi connectivity index (χ4n) is 3.11. The molecule has 0 spiro atoms. The number of nitrogens with zero attached hydrogens (tertiary/aromatic N) is 2. The number of sulfone groups is 1. The Balaban J connectivity index is 1.53. The van der Waals surface area contributed by atoms with Gasteiger partial charge in [0.05, 0.1) is 10.6 Å². The fourth-order valence-corrected chi connectivity index (χ4v) is 4.47. The van der Waals surface area contributed by atoms with Crippen LogP contribution in [0.1, 0.15) is 16.8 Å². The van der Waals surface area contributed by atoms with E-state index in [1.165, 1.54) is 40.1 Å². The summed E-state index contributed by atoms with van der Waals surface area (Å²) < 4.78 is 51.1. The average molecular weight is 457 g/mol. The quantitative estimate of drug-likeness (QED) is 0.693. The lowest BCUT2D eigenvalue weighted by Gasteiger charge is -2.35. The summed E-state index contributed by atoms with van der Waals surface area (Å²) in [7, 11) is -3.62. The maximum atomic E-state index is 13.3. The first-order chi connectivity index (χ1) is 14.2. The second-order valence-electron chi connectivity index (χ2n) is 6.82.